The predicted molar refractivity (Wildman–Crippen MR) is 79.6 cm³/mol. The average molecular weight is 269 g/mol. The lowest BCUT2D eigenvalue weighted by Gasteiger charge is -2.36. The van der Waals surface area contributed by atoms with Crippen molar-refractivity contribution >= 4 is 5.78 Å². The van der Waals surface area contributed by atoms with E-state index in [9.17, 15) is 4.79 Å². The summed E-state index contributed by atoms with van der Waals surface area (Å²) in [6, 6.07) is 7.85. The van der Waals surface area contributed by atoms with Crippen molar-refractivity contribution in [3.8, 4) is 0 Å². The van der Waals surface area contributed by atoms with Gasteiger partial charge < -0.3 is 0 Å². The van der Waals surface area contributed by atoms with Crippen LogP contribution in [0, 0.1) is 5.41 Å². The molecule has 0 fully saturated rings. The third kappa shape index (κ3) is 2.75. The third-order valence-corrected chi connectivity index (χ3v) is 4.13. The van der Waals surface area contributed by atoms with Crippen LogP contribution in [0.25, 0.3) is 10.4 Å². The molecule has 4 nitrogen and oxygen atoms in total. The molecule has 0 heterocycles. The molecule has 0 aromatic heterocycles. The Labute approximate surface area is 119 Å². The van der Waals surface area contributed by atoms with Gasteiger partial charge in [-0.1, -0.05) is 35.5 Å². The number of hydrogen-bond acceptors (Lipinski definition) is 2. The molecule has 4 heteroatoms. The van der Waals surface area contributed by atoms with Crippen LogP contribution in [0.2, 0.25) is 0 Å². The van der Waals surface area contributed by atoms with E-state index in [2.05, 4.69) is 16.6 Å². The van der Waals surface area contributed by atoms with Crippen molar-refractivity contribution in [3.05, 3.63) is 58.5 Å². The Hall–Kier alpha value is -2.06. The Morgan fingerprint density at radius 1 is 1.45 bits per heavy atom. The highest BCUT2D eigenvalue weighted by Gasteiger charge is 2.40. The summed E-state index contributed by atoms with van der Waals surface area (Å²) in [4.78, 5) is 15.6. The Kier molecular flexibility index (Phi) is 4.59. The maximum absolute atomic E-state index is 12.8. The number of nitrogens with zero attached hydrogens (tertiary/aromatic N) is 3. The molecule has 1 aliphatic rings. The molecule has 0 saturated heterocycles. The summed E-state index contributed by atoms with van der Waals surface area (Å²) < 4.78 is 0. The van der Waals surface area contributed by atoms with E-state index in [-0.39, 0.29) is 11.2 Å². The minimum absolute atomic E-state index is 0.222. The van der Waals surface area contributed by atoms with E-state index in [0.29, 0.717) is 13.0 Å². The first-order chi connectivity index (χ1) is 9.73. The van der Waals surface area contributed by atoms with Crippen LogP contribution in [-0.2, 0) is 6.42 Å². The van der Waals surface area contributed by atoms with Gasteiger partial charge in [0.05, 0.1) is 0 Å². The van der Waals surface area contributed by atoms with E-state index in [1.807, 2.05) is 30.3 Å². The van der Waals surface area contributed by atoms with Crippen molar-refractivity contribution in [1.29, 1.82) is 0 Å². The third-order valence-electron chi connectivity index (χ3n) is 4.13. The van der Waals surface area contributed by atoms with Gasteiger partial charge in [-0.25, -0.2) is 0 Å². The molecule has 1 aliphatic carbocycles. The predicted octanol–water partition coefficient (Wildman–Crippen LogP) is 4.47. The maximum atomic E-state index is 12.8. The highest BCUT2D eigenvalue weighted by Crippen LogP contribution is 2.42. The summed E-state index contributed by atoms with van der Waals surface area (Å²) in [5.74, 6) is 0.222. The van der Waals surface area contributed by atoms with Crippen LogP contribution in [-0.4, -0.2) is 12.3 Å². The van der Waals surface area contributed by atoms with Gasteiger partial charge in [-0.3, -0.25) is 4.79 Å². The molecule has 2 rings (SSSR count). The molecule has 0 unspecified atom stereocenters. The summed E-state index contributed by atoms with van der Waals surface area (Å²) in [5, 5.41) is 3.56. The standard InChI is InChI=1S/C16H19N3O/c1-2-9-16(10-5-12-18-19-17)11-8-13-6-3-4-7-14(13)15(16)20/h2-4,6-7H,1,5,8-12H2/t16-/m0/s1. The van der Waals surface area contributed by atoms with Crippen LogP contribution < -0.4 is 0 Å². The normalized spacial score (nSPS) is 20.9. The van der Waals surface area contributed by atoms with Crippen LogP contribution >= 0.6 is 0 Å². The molecular weight excluding hydrogens is 250 g/mol. The number of rotatable bonds is 6. The van der Waals surface area contributed by atoms with Gasteiger partial charge in [0.1, 0.15) is 0 Å². The number of hydrogen-bond donors (Lipinski definition) is 0. The smallest absolute Gasteiger partial charge is 0.169 e. The zero-order valence-corrected chi connectivity index (χ0v) is 11.6. The summed E-state index contributed by atoms with van der Waals surface area (Å²) >= 11 is 0. The quantitative estimate of drug-likeness (QED) is 0.247. The number of allylic oxidation sites excluding steroid dienone is 1. The summed E-state index contributed by atoms with van der Waals surface area (Å²) in [6.07, 6.45) is 5.80. The van der Waals surface area contributed by atoms with Crippen molar-refractivity contribution in [2.75, 3.05) is 6.54 Å². The molecule has 0 spiro atoms. The highest BCUT2D eigenvalue weighted by molar-refractivity contribution is 6.02. The second-order valence-electron chi connectivity index (χ2n) is 5.32. The molecule has 0 amide bonds. The first-order valence-electron chi connectivity index (χ1n) is 6.98. The lowest BCUT2D eigenvalue weighted by atomic mass is 9.66. The van der Waals surface area contributed by atoms with Crippen LogP contribution in [0.5, 0.6) is 0 Å². The SMILES string of the molecule is C=CC[C@]1(CCCN=[N+]=[N-])CCc2ccccc2C1=O. The second kappa shape index (κ2) is 6.40. The molecule has 1 aromatic carbocycles. The number of benzene rings is 1. The van der Waals surface area contributed by atoms with E-state index in [1.165, 1.54) is 0 Å². The summed E-state index contributed by atoms with van der Waals surface area (Å²) in [6.45, 7) is 4.25. The molecule has 20 heavy (non-hydrogen) atoms. The molecular formula is C16H19N3O. The van der Waals surface area contributed by atoms with Gasteiger partial charge in [0.2, 0.25) is 0 Å². The van der Waals surface area contributed by atoms with Crippen LogP contribution in [0.4, 0.5) is 0 Å². The molecule has 1 aromatic rings. The lowest BCUT2D eigenvalue weighted by molar-refractivity contribution is 0.0738. The van der Waals surface area contributed by atoms with E-state index >= 15 is 0 Å². The van der Waals surface area contributed by atoms with Gasteiger partial charge in [-0.05, 0) is 43.2 Å². The van der Waals surface area contributed by atoms with Gasteiger partial charge >= 0.3 is 0 Å². The molecule has 0 aliphatic heterocycles. The Morgan fingerprint density at radius 3 is 3.00 bits per heavy atom. The summed E-state index contributed by atoms with van der Waals surface area (Å²) in [7, 11) is 0. The zero-order valence-electron chi connectivity index (χ0n) is 11.6. The molecule has 1 atom stereocenters. The first-order valence-corrected chi connectivity index (χ1v) is 6.98. The number of aryl methyl sites for hydroxylation is 1. The number of ketones is 1. The minimum atomic E-state index is -0.360. The number of azide groups is 1. The molecule has 0 radical (unpaired) electrons. The average Bonchev–Trinajstić information content (AvgIpc) is 2.48. The van der Waals surface area contributed by atoms with Crippen molar-refractivity contribution in [1.82, 2.24) is 0 Å². The zero-order chi connectivity index (χ0) is 14.4. The summed E-state index contributed by atoms with van der Waals surface area (Å²) in [5.41, 5.74) is 9.97. The van der Waals surface area contributed by atoms with E-state index in [0.717, 1.165) is 36.8 Å². The van der Waals surface area contributed by atoms with E-state index in [4.69, 9.17) is 5.53 Å². The monoisotopic (exact) mass is 269 g/mol. The number of carbonyl (C=O) groups is 1. The van der Waals surface area contributed by atoms with E-state index in [1.54, 1.807) is 0 Å². The van der Waals surface area contributed by atoms with Gasteiger partial charge in [-0.2, -0.15) is 0 Å². The number of fused-ring (bicyclic) bond motifs is 1. The van der Waals surface area contributed by atoms with Crippen molar-refractivity contribution in [2.24, 2.45) is 10.5 Å². The van der Waals surface area contributed by atoms with Crippen LogP contribution in [0.1, 0.15) is 41.6 Å². The molecule has 0 N–H and O–H groups in total. The van der Waals surface area contributed by atoms with Crippen molar-refractivity contribution in [3.63, 3.8) is 0 Å². The Morgan fingerprint density at radius 2 is 2.25 bits per heavy atom. The van der Waals surface area contributed by atoms with Crippen molar-refractivity contribution < 1.29 is 4.79 Å². The molecule has 104 valence electrons. The Balaban J connectivity index is 2.23. The minimum Gasteiger partial charge on any atom is -0.294 e. The fourth-order valence-electron chi connectivity index (χ4n) is 3.08. The second-order valence-corrected chi connectivity index (χ2v) is 5.32. The van der Waals surface area contributed by atoms with Gasteiger partial charge in [0, 0.05) is 22.4 Å². The molecule has 0 bridgehead atoms. The maximum Gasteiger partial charge on any atom is 0.169 e. The first kappa shape index (κ1) is 14.4. The number of Topliss-reactive ketones (excluding diaryl/α,β-unsaturated/α-hetero) is 1. The lowest BCUT2D eigenvalue weighted by Crippen LogP contribution is -2.36. The van der Waals surface area contributed by atoms with Crippen LogP contribution in [0.15, 0.2) is 42.0 Å². The van der Waals surface area contributed by atoms with Gasteiger partial charge in [0.25, 0.3) is 0 Å². The van der Waals surface area contributed by atoms with Crippen molar-refractivity contribution in [2.45, 2.75) is 32.1 Å². The van der Waals surface area contributed by atoms with Gasteiger partial charge in [0.15, 0.2) is 5.78 Å². The fraction of sp³-hybridized carbons (Fsp3) is 0.438. The largest absolute Gasteiger partial charge is 0.294 e. The van der Waals surface area contributed by atoms with E-state index < -0.39 is 0 Å². The van der Waals surface area contributed by atoms with Gasteiger partial charge in [-0.15, -0.1) is 6.58 Å². The van der Waals surface area contributed by atoms with Crippen LogP contribution in [0.3, 0.4) is 0 Å². The molecule has 0 saturated carbocycles. The highest BCUT2D eigenvalue weighted by atomic mass is 16.1. The Bertz CT molecular complexity index is 561. The topological polar surface area (TPSA) is 65.8 Å². The fourth-order valence-corrected chi connectivity index (χ4v) is 3.08. The number of carbonyl (C=O) groups excluding carboxylic acids is 1.